The third kappa shape index (κ3) is 5.26. The molecule has 2 heteroatoms. The molecule has 0 spiro atoms. The molecule has 0 heterocycles. The number of ether oxygens (including phenoxy) is 1. The van der Waals surface area contributed by atoms with Crippen LogP contribution in [0.2, 0.25) is 0 Å². The highest BCUT2D eigenvalue weighted by Crippen LogP contribution is 2.13. The molecule has 0 aromatic heterocycles. The van der Waals surface area contributed by atoms with Gasteiger partial charge < -0.3 is 4.74 Å². The van der Waals surface area contributed by atoms with E-state index in [-0.39, 0.29) is 0 Å². The second kappa shape index (κ2) is 8.28. The van der Waals surface area contributed by atoms with Gasteiger partial charge in [-0.1, -0.05) is 37.6 Å². The van der Waals surface area contributed by atoms with Crippen LogP contribution in [0.4, 0.5) is 0 Å². The molecular weight excluding hydrogens is 216 g/mol. The lowest BCUT2D eigenvalue weighted by Gasteiger charge is -2.04. The van der Waals surface area contributed by atoms with Gasteiger partial charge in [0.05, 0.1) is 0 Å². The molecule has 0 saturated heterocycles. The highest BCUT2D eigenvalue weighted by Gasteiger charge is 1.94. The van der Waals surface area contributed by atoms with Crippen molar-refractivity contribution in [2.24, 2.45) is 0 Å². The quantitative estimate of drug-likeness (QED) is 0.558. The van der Waals surface area contributed by atoms with Crippen LogP contribution in [-0.2, 0) is 6.42 Å². The van der Waals surface area contributed by atoms with Gasteiger partial charge in [0.25, 0.3) is 0 Å². The maximum absolute atomic E-state index is 5.55. The Morgan fingerprint density at radius 1 is 1.19 bits per heavy atom. The van der Waals surface area contributed by atoms with E-state index in [1.807, 2.05) is 24.3 Å². The predicted octanol–water partition coefficient (Wildman–Crippen LogP) is 3.89. The van der Waals surface area contributed by atoms with Gasteiger partial charge in [-0.05, 0) is 30.5 Å². The predicted molar refractivity (Wildman–Crippen MR) is 73.5 cm³/mol. The van der Waals surface area contributed by atoms with E-state index in [4.69, 9.17) is 4.74 Å². The first-order valence-electron chi connectivity index (χ1n) is 5.84. The summed E-state index contributed by atoms with van der Waals surface area (Å²) in [6.07, 6.45) is 7.63. The van der Waals surface area contributed by atoms with Crippen LogP contribution < -0.4 is 4.74 Å². The Bertz CT molecular complexity index is 303. The van der Waals surface area contributed by atoms with Gasteiger partial charge in [-0.3, -0.25) is 0 Å². The van der Waals surface area contributed by atoms with Crippen LogP contribution >= 0.6 is 12.6 Å². The standard InChI is InChI=1S/C14H20OS/c1-2-3-6-13-7-9-14(10-8-13)15-11-4-5-12-16/h4-5,7-10,16H,2-3,6,11-12H2,1H3/b5-4+. The van der Waals surface area contributed by atoms with Crippen molar-refractivity contribution in [3.05, 3.63) is 42.0 Å². The van der Waals surface area contributed by atoms with Crippen LogP contribution in [0.5, 0.6) is 5.75 Å². The first kappa shape index (κ1) is 13.2. The normalized spacial score (nSPS) is 10.9. The van der Waals surface area contributed by atoms with E-state index >= 15 is 0 Å². The minimum absolute atomic E-state index is 0.620. The molecule has 88 valence electrons. The van der Waals surface area contributed by atoms with Crippen LogP contribution in [0.3, 0.4) is 0 Å². The lowest BCUT2D eigenvalue weighted by molar-refractivity contribution is 0.362. The van der Waals surface area contributed by atoms with E-state index in [1.165, 1.54) is 18.4 Å². The molecular formula is C14H20OS. The monoisotopic (exact) mass is 236 g/mol. The Morgan fingerprint density at radius 2 is 1.94 bits per heavy atom. The van der Waals surface area contributed by atoms with E-state index < -0.39 is 0 Å². The Hall–Kier alpha value is -0.890. The summed E-state index contributed by atoms with van der Waals surface area (Å²) < 4.78 is 5.55. The molecule has 16 heavy (non-hydrogen) atoms. The van der Waals surface area contributed by atoms with Crippen molar-refractivity contribution in [2.45, 2.75) is 26.2 Å². The molecule has 0 saturated carbocycles. The number of rotatable bonds is 7. The van der Waals surface area contributed by atoms with Crippen LogP contribution in [0.1, 0.15) is 25.3 Å². The zero-order valence-corrected chi connectivity index (χ0v) is 10.7. The van der Waals surface area contributed by atoms with Gasteiger partial charge in [0.2, 0.25) is 0 Å². The minimum atomic E-state index is 0.620. The summed E-state index contributed by atoms with van der Waals surface area (Å²) in [5, 5.41) is 0. The molecule has 0 radical (unpaired) electrons. The number of benzene rings is 1. The summed E-state index contributed by atoms with van der Waals surface area (Å²) in [5.41, 5.74) is 1.39. The zero-order chi connectivity index (χ0) is 11.6. The molecule has 1 nitrogen and oxygen atoms in total. The lowest BCUT2D eigenvalue weighted by atomic mass is 10.1. The van der Waals surface area contributed by atoms with Gasteiger partial charge in [0, 0.05) is 5.75 Å². The van der Waals surface area contributed by atoms with Gasteiger partial charge >= 0.3 is 0 Å². The fraction of sp³-hybridized carbons (Fsp3) is 0.429. The van der Waals surface area contributed by atoms with Crippen molar-refractivity contribution in [2.75, 3.05) is 12.4 Å². The van der Waals surface area contributed by atoms with Gasteiger partial charge in [-0.2, -0.15) is 12.6 Å². The molecule has 1 aromatic rings. The van der Waals surface area contributed by atoms with E-state index in [1.54, 1.807) is 0 Å². The molecule has 0 bridgehead atoms. The fourth-order valence-corrected chi connectivity index (χ4v) is 1.57. The molecule has 0 aliphatic rings. The molecule has 1 rings (SSSR count). The topological polar surface area (TPSA) is 9.23 Å². The van der Waals surface area contributed by atoms with Crippen molar-refractivity contribution in [1.82, 2.24) is 0 Å². The summed E-state index contributed by atoms with van der Waals surface area (Å²) in [4.78, 5) is 0. The molecule has 0 amide bonds. The van der Waals surface area contributed by atoms with Crippen molar-refractivity contribution in [1.29, 1.82) is 0 Å². The van der Waals surface area contributed by atoms with E-state index in [0.29, 0.717) is 6.61 Å². The number of hydrogen-bond acceptors (Lipinski definition) is 2. The summed E-state index contributed by atoms with van der Waals surface area (Å²) >= 11 is 4.08. The number of aryl methyl sites for hydroxylation is 1. The number of unbranched alkanes of at least 4 members (excludes halogenated alkanes) is 1. The number of thiol groups is 1. The third-order valence-electron chi connectivity index (χ3n) is 2.36. The van der Waals surface area contributed by atoms with Crippen LogP contribution in [0.15, 0.2) is 36.4 Å². The second-order valence-electron chi connectivity index (χ2n) is 3.71. The molecule has 0 fully saturated rings. The van der Waals surface area contributed by atoms with E-state index in [9.17, 15) is 0 Å². The Balaban J connectivity index is 2.36. The largest absolute Gasteiger partial charge is 0.490 e. The first-order chi connectivity index (χ1) is 7.86. The first-order valence-corrected chi connectivity index (χ1v) is 6.47. The Labute approximate surface area is 104 Å². The second-order valence-corrected chi connectivity index (χ2v) is 4.08. The van der Waals surface area contributed by atoms with Crippen molar-refractivity contribution >= 4 is 12.6 Å². The average Bonchev–Trinajstić information content (AvgIpc) is 2.33. The Kier molecular flexibility index (Phi) is 6.82. The van der Waals surface area contributed by atoms with Crippen LogP contribution in [-0.4, -0.2) is 12.4 Å². The smallest absolute Gasteiger partial charge is 0.119 e. The highest BCUT2D eigenvalue weighted by molar-refractivity contribution is 7.80. The van der Waals surface area contributed by atoms with Gasteiger partial charge in [0.15, 0.2) is 0 Å². The Morgan fingerprint density at radius 3 is 2.56 bits per heavy atom. The third-order valence-corrected chi connectivity index (χ3v) is 2.57. The van der Waals surface area contributed by atoms with Crippen molar-refractivity contribution in [3.8, 4) is 5.75 Å². The molecule has 0 aliphatic carbocycles. The summed E-state index contributed by atoms with van der Waals surface area (Å²) in [5.74, 6) is 1.70. The fourth-order valence-electron chi connectivity index (χ4n) is 1.42. The molecule has 0 N–H and O–H groups in total. The van der Waals surface area contributed by atoms with E-state index in [2.05, 4.69) is 31.7 Å². The highest BCUT2D eigenvalue weighted by atomic mass is 32.1. The van der Waals surface area contributed by atoms with Crippen LogP contribution in [0.25, 0.3) is 0 Å². The summed E-state index contributed by atoms with van der Waals surface area (Å²) in [6.45, 7) is 2.83. The maximum Gasteiger partial charge on any atom is 0.119 e. The number of hydrogen-bond donors (Lipinski definition) is 1. The van der Waals surface area contributed by atoms with Gasteiger partial charge in [-0.25, -0.2) is 0 Å². The van der Waals surface area contributed by atoms with Gasteiger partial charge in [0.1, 0.15) is 12.4 Å². The minimum Gasteiger partial charge on any atom is -0.490 e. The molecule has 1 aromatic carbocycles. The SMILES string of the molecule is CCCCc1ccc(OC/C=C/CS)cc1. The van der Waals surface area contributed by atoms with Gasteiger partial charge in [-0.15, -0.1) is 0 Å². The molecule has 0 atom stereocenters. The molecule has 0 aliphatic heterocycles. The summed E-state index contributed by atoms with van der Waals surface area (Å²) in [6, 6.07) is 8.37. The molecule has 0 unspecified atom stereocenters. The maximum atomic E-state index is 5.55. The van der Waals surface area contributed by atoms with Crippen LogP contribution in [0, 0.1) is 0 Å². The van der Waals surface area contributed by atoms with E-state index in [0.717, 1.165) is 17.9 Å². The lowest BCUT2D eigenvalue weighted by Crippen LogP contribution is -1.93. The van der Waals surface area contributed by atoms with Crippen molar-refractivity contribution < 1.29 is 4.74 Å². The summed E-state index contributed by atoms with van der Waals surface area (Å²) in [7, 11) is 0. The zero-order valence-electron chi connectivity index (χ0n) is 9.86. The average molecular weight is 236 g/mol. The van der Waals surface area contributed by atoms with Crippen molar-refractivity contribution in [3.63, 3.8) is 0 Å².